The summed E-state index contributed by atoms with van der Waals surface area (Å²) in [5.41, 5.74) is 1.09. The van der Waals surface area contributed by atoms with Crippen molar-refractivity contribution in [1.29, 1.82) is 0 Å². The van der Waals surface area contributed by atoms with Gasteiger partial charge in [-0.15, -0.1) is 0 Å². The zero-order valence-corrected chi connectivity index (χ0v) is 16.6. The molecule has 0 spiro atoms. The fraction of sp³-hybridized carbons (Fsp3) is 0.182. The van der Waals surface area contributed by atoms with Crippen LogP contribution in [-0.2, 0) is 4.79 Å². The summed E-state index contributed by atoms with van der Waals surface area (Å²) in [4.78, 5) is 24.2. The molecular formula is C22H20O8. The van der Waals surface area contributed by atoms with Crippen molar-refractivity contribution in [2.24, 2.45) is 0 Å². The number of allylic oxidation sites excluding steroid dienone is 1. The molecule has 0 saturated heterocycles. The predicted octanol–water partition coefficient (Wildman–Crippen LogP) is 3.82. The minimum atomic E-state index is -1.21. The maximum absolute atomic E-state index is 13.1. The number of benzene rings is 2. The molecule has 1 heterocycles. The summed E-state index contributed by atoms with van der Waals surface area (Å²) in [6.45, 7) is -0.672. The molecule has 0 aliphatic heterocycles. The van der Waals surface area contributed by atoms with Crippen molar-refractivity contribution in [1.82, 2.24) is 0 Å². The third-order valence-electron chi connectivity index (χ3n) is 4.31. The Morgan fingerprint density at radius 3 is 2.27 bits per heavy atom. The van der Waals surface area contributed by atoms with E-state index in [0.717, 1.165) is 5.56 Å². The molecule has 2 aromatic carbocycles. The Labute approximate surface area is 172 Å². The van der Waals surface area contributed by atoms with Crippen molar-refractivity contribution >= 4 is 28.8 Å². The van der Waals surface area contributed by atoms with Gasteiger partial charge in [0, 0.05) is 0 Å². The number of rotatable bonds is 9. The molecule has 3 aromatic rings. The van der Waals surface area contributed by atoms with E-state index in [1.54, 1.807) is 43.5 Å². The first-order valence-electron chi connectivity index (χ1n) is 8.86. The quantitative estimate of drug-likeness (QED) is 0.418. The molecule has 0 bridgehead atoms. The van der Waals surface area contributed by atoms with Crippen LogP contribution in [0.1, 0.15) is 15.9 Å². The van der Waals surface area contributed by atoms with Crippen molar-refractivity contribution in [3.63, 3.8) is 0 Å². The molecule has 0 radical (unpaired) electrons. The Bertz CT molecular complexity index is 1090. The number of carboxylic acids is 1. The fourth-order valence-corrected chi connectivity index (χ4v) is 2.98. The van der Waals surface area contributed by atoms with Crippen LogP contribution in [0, 0.1) is 0 Å². The normalized spacial score (nSPS) is 10.9. The maximum atomic E-state index is 13.1. The van der Waals surface area contributed by atoms with Gasteiger partial charge in [-0.1, -0.05) is 18.2 Å². The van der Waals surface area contributed by atoms with E-state index in [1.165, 1.54) is 26.6 Å². The maximum Gasteiger partial charge on any atom is 0.341 e. The number of methoxy groups -OCH3 is 3. The van der Waals surface area contributed by atoms with E-state index in [9.17, 15) is 9.59 Å². The Kier molecular flexibility index (Phi) is 6.26. The number of ether oxygens (including phenoxy) is 4. The zero-order chi connectivity index (χ0) is 21.7. The summed E-state index contributed by atoms with van der Waals surface area (Å²) in [6.07, 6.45) is 4.38. The summed E-state index contributed by atoms with van der Waals surface area (Å²) in [5.74, 6) is -0.724. The second-order valence-electron chi connectivity index (χ2n) is 6.09. The fourth-order valence-electron chi connectivity index (χ4n) is 2.98. The minimum Gasteiger partial charge on any atom is -0.497 e. The van der Waals surface area contributed by atoms with E-state index in [2.05, 4.69) is 0 Å². The van der Waals surface area contributed by atoms with Crippen molar-refractivity contribution < 1.29 is 38.1 Å². The molecule has 0 fully saturated rings. The number of fused-ring (bicyclic) bond motifs is 1. The molecule has 0 aliphatic carbocycles. The van der Waals surface area contributed by atoms with Crippen LogP contribution < -0.4 is 18.9 Å². The monoisotopic (exact) mass is 412 g/mol. The molecule has 8 heteroatoms. The second-order valence-corrected chi connectivity index (χ2v) is 6.09. The highest BCUT2D eigenvalue weighted by Crippen LogP contribution is 2.46. The number of hydrogen-bond donors (Lipinski definition) is 1. The lowest BCUT2D eigenvalue weighted by Crippen LogP contribution is -2.13. The Balaban J connectivity index is 2.10. The van der Waals surface area contributed by atoms with Gasteiger partial charge in [0.1, 0.15) is 17.1 Å². The van der Waals surface area contributed by atoms with Gasteiger partial charge in [0.2, 0.25) is 5.75 Å². The molecule has 0 atom stereocenters. The lowest BCUT2D eigenvalue weighted by Gasteiger charge is -2.16. The molecule has 0 unspecified atom stereocenters. The molecule has 0 aliphatic rings. The topological polar surface area (TPSA) is 104 Å². The number of aliphatic carboxylic acids is 1. The third kappa shape index (κ3) is 4.07. The van der Waals surface area contributed by atoms with Crippen molar-refractivity contribution in [3.05, 3.63) is 53.8 Å². The first kappa shape index (κ1) is 20.8. The number of carboxylic acid groups (broad SMARTS) is 1. The second kappa shape index (κ2) is 9.04. The molecule has 0 saturated carbocycles. The van der Waals surface area contributed by atoms with Crippen molar-refractivity contribution in [2.75, 3.05) is 27.9 Å². The van der Waals surface area contributed by atoms with Crippen LogP contribution in [0.2, 0.25) is 0 Å². The molecule has 1 aromatic heterocycles. The largest absolute Gasteiger partial charge is 0.497 e. The van der Waals surface area contributed by atoms with Gasteiger partial charge < -0.3 is 28.5 Å². The predicted molar refractivity (Wildman–Crippen MR) is 109 cm³/mol. The van der Waals surface area contributed by atoms with Gasteiger partial charge in [0.05, 0.1) is 33.0 Å². The summed E-state index contributed by atoms with van der Waals surface area (Å²) >= 11 is 0. The van der Waals surface area contributed by atoms with Crippen LogP contribution in [0.25, 0.3) is 17.0 Å². The van der Waals surface area contributed by atoms with E-state index < -0.39 is 18.4 Å². The van der Waals surface area contributed by atoms with Gasteiger partial charge in [-0.25, -0.2) is 4.79 Å². The average Bonchev–Trinajstić information content (AvgIpc) is 3.24. The van der Waals surface area contributed by atoms with Gasteiger partial charge in [-0.2, -0.15) is 0 Å². The number of carbonyl (C=O) groups is 2. The lowest BCUT2D eigenvalue weighted by atomic mass is 10.0. The van der Waals surface area contributed by atoms with Gasteiger partial charge in [-0.3, -0.25) is 4.79 Å². The molecule has 1 N–H and O–H groups in total. The third-order valence-corrected chi connectivity index (χ3v) is 4.31. The Hall–Kier alpha value is -3.94. The van der Waals surface area contributed by atoms with Gasteiger partial charge in [0.25, 0.3) is 0 Å². The van der Waals surface area contributed by atoms with Crippen LogP contribution in [0.4, 0.5) is 0 Å². The van der Waals surface area contributed by atoms with E-state index in [1.807, 2.05) is 0 Å². The van der Waals surface area contributed by atoms with Crippen LogP contribution >= 0.6 is 0 Å². The number of carbonyl (C=O) groups excluding carboxylic acids is 1. The number of furan rings is 1. The van der Waals surface area contributed by atoms with Crippen molar-refractivity contribution in [3.8, 4) is 23.0 Å². The van der Waals surface area contributed by atoms with Crippen LogP contribution in [0.15, 0.2) is 47.1 Å². The molecule has 3 rings (SSSR count). The summed E-state index contributed by atoms with van der Waals surface area (Å²) < 4.78 is 26.8. The summed E-state index contributed by atoms with van der Waals surface area (Å²) in [6, 6.07) is 8.75. The molecule has 30 heavy (non-hydrogen) atoms. The van der Waals surface area contributed by atoms with Crippen LogP contribution in [0.5, 0.6) is 23.0 Å². The van der Waals surface area contributed by atoms with E-state index >= 15 is 0 Å². The first-order chi connectivity index (χ1) is 14.5. The zero-order valence-electron chi connectivity index (χ0n) is 16.6. The molecule has 8 nitrogen and oxygen atoms in total. The highest BCUT2D eigenvalue weighted by molar-refractivity contribution is 6.15. The number of hydrogen-bond acceptors (Lipinski definition) is 7. The highest BCUT2D eigenvalue weighted by Gasteiger charge is 2.28. The molecule has 156 valence electrons. The average molecular weight is 412 g/mol. The van der Waals surface area contributed by atoms with Gasteiger partial charge >= 0.3 is 5.97 Å². The smallest absolute Gasteiger partial charge is 0.341 e. The first-order valence-corrected chi connectivity index (χ1v) is 8.86. The SMILES string of the molecule is COc1ccc(/C=C/C(=O)c2c(OCC(=O)O)c(OC)c3occc3c2OC)cc1. The standard InChI is InChI=1S/C22H20O8/c1-26-14-7-4-13(5-8-14)6-9-16(23)18-19(27-2)15-10-11-29-20(15)22(28-3)21(18)30-12-17(24)25/h4-11H,12H2,1-3H3,(H,24,25)/b9-6+. The van der Waals surface area contributed by atoms with E-state index in [4.69, 9.17) is 28.5 Å². The van der Waals surface area contributed by atoms with Crippen molar-refractivity contribution in [2.45, 2.75) is 0 Å². The highest BCUT2D eigenvalue weighted by atomic mass is 16.5. The Morgan fingerprint density at radius 1 is 0.967 bits per heavy atom. The summed E-state index contributed by atoms with van der Waals surface area (Å²) in [5, 5.41) is 9.53. The van der Waals surface area contributed by atoms with Crippen LogP contribution in [-0.4, -0.2) is 44.8 Å². The summed E-state index contributed by atoms with van der Waals surface area (Å²) in [7, 11) is 4.34. The minimum absolute atomic E-state index is 0.0364. The molecular weight excluding hydrogens is 392 g/mol. The number of ketones is 1. The van der Waals surface area contributed by atoms with Gasteiger partial charge in [-0.05, 0) is 29.8 Å². The van der Waals surface area contributed by atoms with Gasteiger partial charge in [0.15, 0.2) is 23.7 Å². The van der Waals surface area contributed by atoms with E-state index in [-0.39, 0.29) is 28.4 Å². The lowest BCUT2D eigenvalue weighted by molar-refractivity contribution is -0.139. The van der Waals surface area contributed by atoms with E-state index in [0.29, 0.717) is 11.1 Å². The molecule has 0 amide bonds. The van der Waals surface area contributed by atoms with Crippen LogP contribution in [0.3, 0.4) is 0 Å². The Morgan fingerprint density at radius 2 is 1.67 bits per heavy atom.